The first-order chi connectivity index (χ1) is 7.95. The van der Waals surface area contributed by atoms with Gasteiger partial charge >= 0.3 is 0 Å². The number of nitrogens with zero attached hydrogens (tertiary/aromatic N) is 1. The molecule has 0 bridgehead atoms. The zero-order valence-electron chi connectivity index (χ0n) is 9.06. The third kappa shape index (κ3) is 1.61. The monoisotopic (exact) mass is 210 g/mol. The van der Waals surface area contributed by atoms with Crippen molar-refractivity contribution >= 4 is 0 Å². The van der Waals surface area contributed by atoms with E-state index in [4.69, 9.17) is 0 Å². The first-order valence-electron chi connectivity index (χ1n) is 5.66. The summed E-state index contributed by atoms with van der Waals surface area (Å²) in [6.45, 7) is 2.15. The lowest BCUT2D eigenvalue weighted by atomic mass is 9.90. The molecule has 0 saturated carbocycles. The number of pyridine rings is 1. The summed E-state index contributed by atoms with van der Waals surface area (Å²) in [7, 11) is 0. The molecule has 1 aromatic carbocycles. The molecule has 2 nitrogen and oxygen atoms in total. The average molecular weight is 210 g/mol. The number of rotatable bonds is 2. The van der Waals surface area contributed by atoms with E-state index in [2.05, 4.69) is 40.6 Å². The Kier molecular flexibility index (Phi) is 2.43. The average Bonchev–Trinajstić information content (AvgIpc) is 2.29. The minimum atomic E-state index is 0.629. The van der Waals surface area contributed by atoms with Crippen molar-refractivity contribution in [2.75, 3.05) is 13.1 Å². The zero-order chi connectivity index (χ0) is 10.8. The van der Waals surface area contributed by atoms with Crippen molar-refractivity contribution in [3.05, 3.63) is 54.2 Å². The summed E-state index contributed by atoms with van der Waals surface area (Å²) in [6.07, 6.45) is 1.87. The Balaban J connectivity index is 2.06. The Morgan fingerprint density at radius 3 is 2.50 bits per heavy atom. The van der Waals surface area contributed by atoms with Crippen LogP contribution in [0.1, 0.15) is 11.5 Å². The van der Waals surface area contributed by atoms with Crippen LogP contribution in [0.15, 0.2) is 48.7 Å². The Morgan fingerprint density at radius 1 is 1.00 bits per heavy atom. The summed E-state index contributed by atoms with van der Waals surface area (Å²) in [4.78, 5) is 4.52. The second kappa shape index (κ2) is 4.06. The molecule has 3 rings (SSSR count). The van der Waals surface area contributed by atoms with Crippen LogP contribution >= 0.6 is 0 Å². The highest BCUT2D eigenvalue weighted by Gasteiger charge is 2.22. The fraction of sp³-hybridized carbons (Fsp3) is 0.214. The molecule has 2 heterocycles. The molecule has 1 aliphatic rings. The van der Waals surface area contributed by atoms with E-state index < -0.39 is 0 Å². The minimum Gasteiger partial charge on any atom is -0.315 e. The van der Waals surface area contributed by atoms with Gasteiger partial charge in [-0.1, -0.05) is 36.4 Å². The van der Waals surface area contributed by atoms with Crippen LogP contribution in [-0.4, -0.2) is 18.1 Å². The number of hydrogen-bond acceptors (Lipinski definition) is 2. The molecule has 0 amide bonds. The van der Waals surface area contributed by atoms with E-state index >= 15 is 0 Å². The summed E-state index contributed by atoms with van der Waals surface area (Å²) in [6, 6.07) is 14.6. The fourth-order valence-corrected chi connectivity index (χ4v) is 2.09. The van der Waals surface area contributed by atoms with Crippen LogP contribution < -0.4 is 5.32 Å². The predicted molar refractivity (Wildman–Crippen MR) is 65.3 cm³/mol. The van der Waals surface area contributed by atoms with E-state index in [1.54, 1.807) is 0 Å². The quantitative estimate of drug-likeness (QED) is 0.823. The summed E-state index contributed by atoms with van der Waals surface area (Å²) in [5, 5.41) is 3.31. The number of aromatic nitrogens is 1. The molecule has 80 valence electrons. The van der Waals surface area contributed by atoms with Crippen LogP contribution in [0.3, 0.4) is 0 Å². The van der Waals surface area contributed by atoms with Gasteiger partial charge in [0, 0.05) is 30.8 Å². The maximum absolute atomic E-state index is 4.52. The SMILES string of the molecule is c1ccc(-c2ncccc2C2CNC2)cc1. The van der Waals surface area contributed by atoms with Crippen molar-refractivity contribution in [1.82, 2.24) is 10.3 Å². The highest BCUT2D eigenvalue weighted by Crippen LogP contribution is 2.29. The normalized spacial score (nSPS) is 15.8. The first kappa shape index (κ1) is 9.55. The largest absolute Gasteiger partial charge is 0.315 e. The van der Waals surface area contributed by atoms with Crippen molar-refractivity contribution in [3.63, 3.8) is 0 Å². The maximum atomic E-state index is 4.52. The van der Waals surface area contributed by atoms with Gasteiger partial charge in [0.15, 0.2) is 0 Å². The molecule has 0 atom stereocenters. The Morgan fingerprint density at radius 2 is 1.81 bits per heavy atom. The molecular weight excluding hydrogens is 196 g/mol. The van der Waals surface area contributed by atoms with Gasteiger partial charge in [-0.05, 0) is 11.6 Å². The van der Waals surface area contributed by atoms with Crippen LogP contribution in [0, 0.1) is 0 Å². The fourth-order valence-electron chi connectivity index (χ4n) is 2.09. The summed E-state index contributed by atoms with van der Waals surface area (Å²) in [5.74, 6) is 0.629. The van der Waals surface area contributed by atoms with Gasteiger partial charge in [0.25, 0.3) is 0 Å². The molecule has 0 aliphatic carbocycles. The van der Waals surface area contributed by atoms with Crippen molar-refractivity contribution in [3.8, 4) is 11.3 Å². The topological polar surface area (TPSA) is 24.9 Å². The molecule has 2 aromatic rings. The lowest BCUT2D eigenvalue weighted by molar-refractivity contribution is 0.448. The lowest BCUT2D eigenvalue weighted by Crippen LogP contribution is -2.40. The Labute approximate surface area is 95.3 Å². The number of benzene rings is 1. The molecule has 16 heavy (non-hydrogen) atoms. The van der Waals surface area contributed by atoms with E-state index in [1.165, 1.54) is 11.1 Å². The van der Waals surface area contributed by atoms with Gasteiger partial charge in [0.1, 0.15) is 0 Å². The third-order valence-electron chi connectivity index (χ3n) is 3.11. The molecular formula is C14H14N2. The van der Waals surface area contributed by atoms with Crippen LogP contribution in [0.2, 0.25) is 0 Å². The van der Waals surface area contributed by atoms with Crippen molar-refractivity contribution in [2.45, 2.75) is 5.92 Å². The smallest absolute Gasteiger partial charge is 0.0737 e. The molecule has 1 fully saturated rings. The molecule has 1 saturated heterocycles. The molecule has 0 spiro atoms. The standard InChI is InChI=1S/C14H14N2/c1-2-5-11(6-3-1)14-13(7-4-8-16-14)12-9-15-10-12/h1-8,12,15H,9-10H2. The second-order valence-electron chi connectivity index (χ2n) is 4.16. The van der Waals surface area contributed by atoms with Gasteiger partial charge < -0.3 is 5.32 Å². The van der Waals surface area contributed by atoms with Crippen molar-refractivity contribution < 1.29 is 0 Å². The second-order valence-corrected chi connectivity index (χ2v) is 4.16. The van der Waals surface area contributed by atoms with Gasteiger partial charge in [0.2, 0.25) is 0 Å². The van der Waals surface area contributed by atoms with Gasteiger partial charge in [-0.2, -0.15) is 0 Å². The third-order valence-corrected chi connectivity index (χ3v) is 3.11. The van der Waals surface area contributed by atoms with Gasteiger partial charge in [-0.3, -0.25) is 4.98 Å². The van der Waals surface area contributed by atoms with Crippen LogP contribution in [0.5, 0.6) is 0 Å². The minimum absolute atomic E-state index is 0.629. The number of nitrogens with one attached hydrogen (secondary N) is 1. The molecule has 1 N–H and O–H groups in total. The summed E-state index contributed by atoms with van der Waals surface area (Å²) >= 11 is 0. The zero-order valence-corrected chi connectivity index (χ0v) is 9.06. The van der Waals surface area contributed by atoms with E-state index in [9.17, 15) is 0 Å². The van der Waals surface area contributed by atoms with Crippen LogP contribution in [0.25, 0.3) is 11.3 Å². The number of hydrogen-bond donors (Lipinski definition) is 1. The van der Waals surface area contributed by atoms with Gasteiger partial charge in [0.05, 0.1) is 5.69 Å². The molecule has 0 unspecified atom stereocenters. The predicted octanol–water partition coefficient (Wildman–Crippen LogP) is 2.44. The van der Waals surface area contributed by atoms with Gasteiger partial charge in [-0.15, -0.1) is 0 Å². The summed E-state index contributed by atoms with van der Waals surface area (Å²) < 4.78 is 0. The van der Waals surface area contributed by atoms with E-state index in [0.29, 0.717) is 5.92 Å². The molecule has 1 aromatic heterocycles. The molecule has 1 aliphatic heterocycles. The van der Waals surface area contributed by atoms with Crippen molar-refractivity contribution in [2.24, 2.45) is 0 Å². The summed E-state index contributed by atoms with van der Waals surface area (Å²) in [5.41, 5.74) is 3.71. The van der Waals surface area contributed by atoms with Crippen molar-refractivity contribution in [1.29, 1.82) is 0 Å². The van der Waals surface area contributed by atoms with E-state index in [0.717, 1.165) is 18.8 Å². The highest BCUT2D eigenvalue weighted by molar-refractivity contribution is 5.63. The van der Waals surface area contributed by atoms with Crippen LogP contribution in [-0.2, 0) is 0 Å². The van der Waals surface area contributed by atoms with Gasteiger partial charge in [-0.25, -0.2) is 0 Å². The highest BCUT2D eigenvalue weighted by atomic mass is 14.9. The first-order valence-corrected chi connectivity index (χ1v) is 5.66. The van der Waals surface area contributed by atoms with Crippen LogP contribution in [0.4, 0.5) is 0 Å². The van der Waals surface area contributed by atoms with E-state index in [1.807, 2.05) is 18.3 Å². The Hall–Kier alpha value is -1.67. The Bertz CT molecular complexity index is 475. The molecule has 0 radical (unpaired) electrons. The molecule has 2 heteroatoms. The lowest BCUT2D eigenvalue weighted by Gasteiger charge is -2.28. The maximum Gasteiger partial charge on any atom is 0.0737 e. The van der Waals surface area contributed by atoms with E-state index in [-0.39, 0.29) is 0 Å².